The second-order valence-electron chi connectivity index (χ2n) is 1.80. The predicted octanol–water partition coefficient (Wildman–Crippen LogP) is 1.77. The fourth-order valence-electron chi connectivity index (χ4n) is 0.625. The fraction of sp³-hybridized carbons (Fsp3) is 0.167. The van der Waals surface area contributed by atoms with Gasteiger partial charge >= 0.3 is 0 Å². The third-order valence-electron chi connectivity index (χ3n) is 1.09. The van der Waals surface area contributed by atoms with Gasteiger partial charge in [-0.15, -0.1) is 35.3 Å². The van der Waals surface area contributed by atoms with Gasteiger partial charge in [0.2, 0.25) is 0 Å². The number of amides is 1. The van der Waals surface area contributed by atoms with Crippen molar-refractivity contribution >= 4 is 41.2 Å². The maximum atomic E-state index is 10.5. The standard InChI is InChI=1S/C6H7NOS.HI/c1-4-2-3-9-5(4)6(7)8;/h2-3H,1H3,(H2,7,8);1H. The van der Waals surface area contributed by atoms with Crippen molar-refractivity contribution in [1.29, 1.82) is 0 Å². The lowest BCUT2D eigenvalue weighted by atomic mass is 10.3. The number of halogens is 1. The third-order valence-corrected chi connectivity index (χ3v) is 2.12. The lowest BCUT2D eigenvalue weighted by Crippen LogP contribution is -2.09. The van der Waals surface area contributed by atoms with E-state index in [0.717, 1.165) is 5.56 Å². The zero-order chi connectivity index (χ0) is 6.85. The Hall–Kier alpha value is -0.100. The van der Waals surface area contributed by atoms with Gasteiger partial charge in [-0.2, -0.15) is 0 Å². The molecule has 0 spiro atoms. The molecule has 1 aromatic rings. The summed E-state index contributed by atoms with van der Waals surface area (Å²) in [5, 5.41) is 1.86. The highest BCUT2D eigenvalue weighted by Gasteiger charge is 2.03. The highest BCUT2D eigenvalue weighted by atomic mass is 127. The first-order chi connectivity index (χ1) is 4.22. The van der Waals surface area contributed by atoms with Gasteiger partial charge in [-0.25, -0.2) is 0 Å². The second kappa shape index (κ2) is 3.92. The normalized spacial score (nSPS) is 8.50. The van der Waals surface area contributed by atoms with E-state index in [1.807, 2.05) is 18.4 Å². The van der Waals surface area contributed by atoms with Gasteiger partial charge in [0.1, 0.15) is 0 Å². The number of rotatable bonds is 1. The molecule has 1 rings (SSSR count). The molecule has 0 aliphatic rings. The van der Waals surface area contributed by atoms with Crippen LogP contribution in [0, 0.1) is 6.92 Å². The van der Waals surface area contributed by atoms with Gasteiger partial charge in [-0.3, -0.25) is 4.79 Å². The van der Waals surface area contributed by atoms with Crippen molar-refractivity contribution in [3.63, 3.8) is 0 Å². The van der Waals surface area contributed by atoms with Crippen LogP contribution in [0.2, 0.25) is 0 Å². The zero-order valence-corrected chi connectivity index (χ0v) is 8.60. The number of carbonyl (C=O) groups is 1. The molecule has 2 N–H and O–H groups in total. The van der Waals surface area contributed by atoms with Crippen molar-refractivity contribution in [3.05, 3.63) is 21.9 Å². The minimum absolute atomic E-state index is 0. The average Bonchev–Trinajstić information content (AvgIpc) is 2.13. The quantitative estimate of drug-likeness (QED) is 0.776. The molecule has 0 radical (unpaired) electrons. The van der Waals surface area contributed by atoms with Crippen molar-refractivity contribution < 1.29 is 4.79 Å². The largest absolute Gasteiger partial charge is 0.365 e. The van der Waals surface area contributed by atoms with Crippen LogP contribution in [0.3, 0.4) is 0 Å². The summed E-state index contributed by atoms with van der Waals surface area (Å²) in [6.45, 7) is 1.87. The minimum Gasteiger partial charge on any atom is -0.365 e. The van der Waals surface area contributed by atoms with E-state index in [1.54, 1.807) is 0 Å². The topological polar surface area (TPSA) is 43.1 Å². The van der Waals surface area contributed by atoms with Crippen LogP contribution < -0.4 is 5.73 Å². The van der Waals surface area contributed by atoms with E-state index < -0.39 is 0 Å². The van der Waals surface area contributed by atoms with Gasteiger partial charge < -0.3 is 5.73 Å². The summed E-state index contributed by atoms with van der Waals surface area (Å²) >= 11 is 1.38. The molecule has 1 aromatic heterocycles. The Morgan fingerprint density at radius 3 is 2.50 bits per heavy atom. The number of hydrogen-bond donors (Lipinski definition) is 1. The predicted molar refractivity (Wildman–Crippen MR) is 53.0 cm³/mol. The zero-order valence-electron chi connectivity index (χ0n) is 5.46. The molecule has 56 valence electrons. The summed E-state index contributed by atoms with van der Waals surface area (Å²) in [5.74, 6) is -0.331. The van der Waals surface area contributed by atoms with Crippen LogP contribution in [0.4, 0.5) is 0 Å². The van der Waals surface area contributed by atoms with Crippen LogP contribution in [-0.4, -0.2) is 5.91 Å². The monoisotopic (exact) mass is 269 g/mol. The first kappa shape index (κ1) is 9.90. The number of aryl methyl sites for hydroxylation is 1. The van der Waals surface area contributed by atoms with Crippen LogP contribution in [0.25, 0.3) is 0 Å². The molecule has 1 amide bonds. The molecule has 1 heterocycles. The summed E-state index contributed by atoms with van der Waals surface area (Å²) in [7, 11) is 0. The Bertz CT molecular complexity index is 233. The van der Waals surface area contributed by atoms with E-state index in [1.165, 1.54) is 11.3 Å². The molecule has 0 aliphatic carbocycles. The minimum atomic E-state index is -0.331. The van der Waals surface area contributed by atoms with Gasteiger partial charge in [-0.05, 0) is 23.9 Å². The Kier molecular flexibility index (Phi) is 3.88. The smallest absolute Gasteiger partial charge is 0.259 e. The van der Waals surface area contributed by atoms with Gasteiger partial charge in [0, 0.05) is 0 Å². The Balaban J connectivity index is 0.000000810. The highest BCUT2D eigenvalue weighted by Crippen LogP contribution is 2.13. The Morgan fingerprint density at radius 1 is 1.70 bits per heavy atom. The summed E-state index contributed by atoms with van der Waals surface area (Å²) in [4.78, 5) is 11.2. The molecule has 0 fully saturated rings. The number of thiophene rings is 1. The van der Waals surface area contributed by atoms with E-state index in [2.05, 4.69) is 0 Å². The first-order valence-electron chi connectivity index (χ1n) is 2.55. The van der Waals surface area contributed by atoms with E-state index in [-0.39, 0.29) is 29.9 Å². The Labute approximate surface area is 80.4 Å². The molecule has 0 aliphatic heterocycles. The van der Waals surface area contributed by atoms with Gasteiger partial charge in [0.05, 0.1) is 4.88 Å². The second-order valence-corrected chi connectivity index (χ2v) is 2.71. The Morgan fingerprint density at radius 2 is 2.30 bits per heavy atom. The molecule has 10 heavy (non-hydrogen) atoms. The molecule has 0 aromatic carbocycles. The van der Waals surface area contributed by atoms with E-state index in [4.69, 9.17) is 5.73 Å². The molecular weight excluding hydrogens is 261 g/mol. The summed E-state index contributed by atoms with van der Waals surface area (Å²) in [5.41, 5.74) is 6.00. The summed E-state index contributed by atoms with van der Waals surface area (Å²) in [6, 6.07) is 1.88. The number of primary amides is 1. The van der Waals surface area contributed by atoms with Crippen molar-refractivity contribution in [2.45, 2.75) is 6.92 Å². The SMILES string of the molecule is Cc1ccsc1C(N)=O.I. The average molecular weight is 269 g/mol. The first-order valence-corrected chi connectivity index (χ1v) is 3.43. The number of nitrogens with two attached hydrogens (primary N) is 1. The van der Waals surface area contributed by atoms with E-state index in [0.29, 0.717) is 4.88 Å². The van der Waals surface area contributed by atoms with Crippen LogP contribution >= 0.6 is 35.3 Å². The maximum absolute atomic E-state index is 10.5. The van der Waals surface area contributed by atoms with Crippen LogP contribution in [0.5, 0.6) is 0 Å². The lowest BCUT2D eigenvalue weighted by Gasteiger charge is -1.87. The van der Waals surface area contributed by atoms with Gasteiger partial charge in [-0.1, -0.05) is 0 Å². The number of carbonyl (C=O) groups excluding carboxylic acids is 1. The molecular formula is C6H8INOS. The van der Waals surface area contributed by atoms with Crippen molar-refractivity contribution in [3.8, 4) is 0 Å². The lowest BCUT2D eigenvalue weighted by molar-refractivity contribution is 0.100. The molecule has 0 bridgehead atoms. The summed E-state index contributed by atoms with van der Waals surface area (Å²) < 4.78 is 0. The molecule has 2 nitrogen and oxygen atoms in total. The van der Waals surface area contributed by atoms with Crippen LogP contribution in [0.15, 0.2) is 11.4 Å². The van der Waals surface area contributed by atoms with Gasteiger partial charge in [0.25, 0.3) is 5.91 Å². The van der Waals surface area contributed by atoms with E-state index >= 15 is 0 Å². The molecule has 0 saturated heterocycles. The van der Waals surface area contributed by atoms with Crippen LogP contribution in [-0.2, 0) is 0 Å². The van der Waals surface area contributed by atoms with Gasteiger partial charge in [0.15, 0.2) is 0 Å². The fourth-order valence-corrected chi connectivity index (χ4v) is 1.40. The van der Waals surface area contributed by atoms with E-state index in [9.17, 15) is 4.79 Å². The highest BCUT2D eigenvalue weighted by molar-refractivity contribution is 14.0. The maximum Gasteiger partial charge on any atom is 0.259 e. The molecule has 4 heteroatoms. The van der Waals surface area contributed by atoms with Crippen LogP contribution in [0.1, 0.15) is 15.2 Å². The van der Waals surface area contributed by atoms with Crippen molar-refractivity contribution in [2.75, 3.05) is 0 Å². The molecule has 0 atom stereocenters. The van der Waals surface area contributed by atoms with Crippen molar-refractivity contribution in [2.24, 2.45) is 5.73 Å². The molecule has 0 saturated carbocycles. The third kappa shape index (κ3) is 1.95. The summed E-state index contributed by atoms with van der Waals surface area (Å²) in [6.07, 6.45) is 0. The van der Waals surface area contributed by atoms with Crippen molar-refractivity contribution in [1.82, 2.24) is 0 Å². The number of hydrogen-bond acceptors (Lipinski definition) is 2. The molecule has 0 unspecified atom stereocenters.